The predicted octanol–water partition coefficient (Wildman–Crippen LogP) is 4.22. The number of ether oxygens (including phenoxy) is 1. The predicted molar refractivity (Wildman–Crippen MR) is 105 cm³/mol. The van der Waals surface area contributed by atoms with Gasteiger partial charge in [-0.05, 0) is 54.4 Å². The molecule has 0 amide bonds. The molecule has 1 heterocycles. The number of aromatic nitrogens is 2. The van der Waals surface area contributed by atoms with E-state index in [2.05, 4.69) is 10.2 Å². The zero-order valence-corrected chi connectivity index (χ0v) is 16.2. The molecule has 0 unspecified atom stereocenters. The van der Waals surface area contributed by atoms with Crippen LogP contribution < -0.4 is 10.3 Å². The molecule has 0 aliphatic carbocycles. The molecule has 0 atom stereocenters. The van der Waals surface area contributed by atoms with Gasteiger partial charge in [-0.2, -0.15) is 5.10 Å². The maximum atomic E-state index is 13.0. The maximum Gasteiger partial charge on any atom is 0.267 e. The van der Waals surface area contributed by atoms with Crippen molar-refractivity contribution in [2.45, 2.75) is 13.3 Å². The van der Waals surface area contributed by atoms with Crippen molar-refractivity contribution in [2.75, 3.05) is 7.11 Å². The average molecular weight is 403 g/mol. The molecule has 0 aliphatic heterocycles. The summed E-state index contributed by atoms with van der Waals surface area (Å²) >= 11 is 12.5. The van der Waals surface area contributed by atoms with Gasteiger partial charge >= 0.3 is 0 Å². The first-order valence-electron chi connectivity index (χ1n) is 8.10. The van der Waals surface area contributed by atoms with Crippen LogP contribution in [0.25, 0.3) is 0 Å². The Morgan fingerprint density at radius 2 is 1.81 bits per heavy atom. The van der Waals surface area contributed by atoms with Gasteiger partial charge in [0.15, 0.2) is 5.78 Å². The number of carbonyl (C=O) groups excluding carboxylic acids is 1. The van der Waals surface area contributed by atoms with Gasteiger partial charge in [0.25, 0.3) is 5.56 Å². The maximum absolute atomic E-state index is 13.0. The van der Waals surface area contributed by atoms with Crippen LogP contribution >= 0.6 is 23.2 Å². The minimum absolute atomic E-state index is 0.252. The van der Waals surface area contributed by atoms with Gasteiger partial charge in [0.1, 0.15) is 5.75 Å². The van der Waals surface area contributed by atoms with Crippen LogP contribution in [0.5, 0.6) is 5.75 Å². The van der Waals surface area contributed by atoms with Crippen LogP contribution in [0.3, 0.4) is 0 Å². The fraction of sp³-hybridized carbons (Fsp3) is 0.150. The number of rotatable bonds is 5. The molecule has 0 saturated heterocycles. The van der Waals surface area contributed by atoms with Crippen molar-refractivity contribution < 1.29 is 9.53 Å². The Labute approximate surface area is 165 Å². The highest BCUT2D eigenvalue weighted by Gasteiger charge is 2.19. The summed E-state index contributed by atoms with van der Waals surface area (Å²) in [4.78, 5) is 24.9. The molecule has 0 radical (unpaired) electrons. The number of carbonyl (C=O) groups is 1. The van der Waals surface area contributed by atoms with E-state index >= 15 is 0 Å². The van der Waals surface area contributed by atoms with Crippen LogP contribution in [0, 0.1) is 6.92 Å². The van der Waals surface area contributed by atoms with Crippen LogP contribution in [-0.4, -0.2) is 23.1 Å². The second-order valence-corrected chi connectivity index (χ2v) is 6.86. The topological polar surface area (TPSA) is 72.0 Å². The second kappa shape index (κ2) is 7.94. The number of methoxy groups -OCH3 is 1. The number of hydrogen-bond donors (Lipinski definition) is 1. The zero-order chi connectivity index (χ0) is 19.6. The van der Waals surface area contributed by atoms with Crippen molar-refractivity contribution in [3.63, 3.8) is 0 Å². The Balaban J connectivity index is 2.04. The van der Waals surface area contributed by atoms with E-state index in [1.165, 1.54) is 13.3 Å². The van der Waals surface area contributed by atoms with Crippen LogP contribution in [0.2, 0.25) is 10.0 Å². The lowest BCUT2D eigenvalue weighted by Gasteiger charge is -2.12. The molecule has 2 aromatic carbocycles. The number of nitrogens with one attached hydrogen (secondary N) is 1. The summed E-state index contributed by atoms with van der Waals surface area (Å²) in [5, 5.41) is 6.68. The van der Waals surface area contributed by atoms with E-state index in [0.29, 0.717) is 32.5 Å². The highest BCUT2D eigenvalue weighted by Crippen LogP contribution is 2.30. The fourth-order valence-corrected chi connectivity index (χ4v) is 3.60. The molecule has 3 rings (SSSR count). The highest BCUT2D eigenvalue weighted by atomic mass is 35.5. The number of H-pyrrole nitrogens is 1. The van der Waals surface area contributed by atoms with Crippen LogP contribution in [0.1, 0.15) is 32.6 Å². The van der Waals surface area contributed by atoms with Gasteiger partial charge in [0, 0.05) is 23.7 Å². The molecule has 0 saturated carbocycles. The van der Waals surface area contributed by atoms with Crippen molar-refractivity contribution in [2.24, 2.45) is 0 Å². The van der Waals surface area contributed by atoms with E-state index in [9.17, 15) is 9.59 Å². The molecule has 1 aromatic heterocycles. The van der Waals surface area contributed by atoms with E-state index in [-0.39, 0.29) is 23.3 Å². The molecule has 0 spiro atoms. The lowest BCUT2D eigenvalue weighted by Crippen LogP contribution is -2.14. The lowest BCUT2D eigenvalue weighted by atomic mass is 9.97. The Hall–Kier alpha value is -2.63. The minimum Gasteiger partial charge on any atom is -0.496 e. The summed E-state index contributed by atoms with van der Waals surface area (Å²) in [7, 11) is 1.53. The standard InChI is InChI=1S/C20H16Cl2N2O3/c1-11-7-15(21)18(16(22)8-11)19(25)12-3-4-17(27-2)14(9-12)10-13-5-6-23-24-20(13)26/h3-9H,10H2,1-2H3,(H,24,26). The van der Waals surface area contributed by atoms with Gasteiger partial charge in [0.2, 0.25) is 0 Å². The Bertz CT molecular complexity index is 1050. The minimum atomic E-state index is -0.294. The third kappa shape index (κ3) is 4.04. The molecule has 5 nitrogen and oxygen atoms in total. The van der Waals surface area contributed by atoms with Gasteiger partial charge in [0.05, 0.1) is 22.7 Å². The molecule has 0 bridgehead atoms. The van der Waals surface area contributed by atoms with E-state index in [1.54, 1.807) is 36.4 Å². The first-order chi connectivity index (χ1) is 12.9. The van der Waals surface area contributed by atoms with Crippen LogP contribution in [0.15, 0.2) is 47.4 Å². The summed E-state index contributed by atoms with van der Waals surface area (Å²) < 4.78 is 5.37. The Morgan fingerprint density at radius 1 is 1.11 bits per heavy atom. The number of aromatic amines is 1. The largest absolute Gasteiger partial charge is 0.496 e. The van der Waals surface area contributed by atoms with E-state index in [4.69, 9.17) is 27.9 Å². The third-order valence-electron chi connectivity index (χ3n) is 4.15. The summed E-state index contributed by atoms with van der Waals surface area (Å²) in [5.74, 6) is 0.279. The number of benzene rings is 2. The van der Waals surface area contributed by atoms with Gasteiger partial charge in [-0.15, -0.1) is 0 Å². The van der Waals surface area contributed by atoms with Gasteiger partial charge in [-0.1, -0.05) is 23.2 Å². The van der Waals surface area contributed by atoms with Crippen molar-refractivity contribution in [3.8, 4) is 5.75 Å². The molecule has 27 heavy (non-hydrogen) atoms. The normalized spacial score (nSPS) is 10.7. The Kier molecular flexibility index (Phi) is 5.63. The summed E-state index contributed by atoms with van der Waals surface area (Å²) in [6, 6.07) is 10.0. The Morgan fingerprint density at radius 3 is 2.44 bits per heavy atom. The number of halogens is 2. The molecule has 3 aromatic rings. The molecule has 0 fully saturated rings. The van der Waals surface area contributed by atoms with Crippen molar-refractivity contribution in [1.29, 1.82) is 0 Å². The molecule has 1 N–H and O–H groups in total. The van der Waals surface area contributed by atoms with E-state index in [1.807, 2.05) is 6.92 Å². The quantitative estimate of drug-likeness (QED) is 0.648. The monoisotopic (exact) mass is 402 g/mol. The first-order valence-corrected chi connectivity index (χ1v) is 8.86. The molecular weight excluding hydrogens is 387 g/mol. The number of aryl methyl sites for hydroxylation is 1. The van der Waals surface area contributed by atoms with Crippen molar-refractivity contribution >= 4 is 29.0 Å². The molecule has 0 aliphatic rings. The first kappa shape index (κ1) is 19.1. The third-order valence-corrected chi connectivity index (χ3v) is 4.74. The SMILES string of the molecule is COc1ccc(C(=O)c2c(Cl)cc(C)cc2Cl)cc1Cc1ccn[nH]c1=O. The molecule has 138 valence electrons. The molecular formula is C20H16Cl2N2O3. The summed E-state index contributed by atoms with van der Waals surface area (Å²) in [6.07, 6.45) is 1.79. The smallest absolute Gasteiger partial charge is 0.267 e. The van der Waals surface area contributed by atoms with Gasteiger partial charge < -0.3 is 4.74 Å². The fourth-order valence-electron chi connectivity index (χ4n) is 2.83. The van der Waals surface area contributed by atoms with Gasteiger partial charge in [-0.3, -0.25) is 9.59 Å². The van der Waals surface area contributed by atoms with Gasteiger partial charge in [-0.25, -0.2) is 5.10 Å². The van der Waals surface area contributed by atoms with Crippen molar-refractivity contribution in [3.05, 3.63) is 90.8 Å². The highest BCUT2D eigenvalue weighted by molar-refractivity contribution is 6.41. The molecule has 7 heteroatoms. The zero-order valence-electron chi connectivity index (χ0n) is 14.7. The van der Waals surface area contributed by atoms with E-state index in [0.717, 1.165) is 5.56 Å². The van der Waals surface area contributed by atoms with Crippen LogP contribution in [-0.2, 0) is 6.42 Å². The van der Waals surface area contributed by atoms with Crippen molar-refractivity contribution in [1.82, 2.24) is 10.2 Å². The summed E-state index contributed by atoms with van der Waals surface area (Å²) in [5.41, 5.74) is 2.44. The summed E-state index contributed by atoms with van der Waals surface area (Å²) in [6.45, 7) is 1.85. The number of ketones is 1. The average Bonchev–Trinajstić information content (AvgIpc) is 2.62. The number of nitrogens with zero attached hydrogens (tertiary/aromatic N) is 1. The lowest BCUT2D eigenvalue weighted by molar-refractivity contribution is 0.103. The van der Waals surface area contributed by atoms with Crippen LogP contribution in [0.4, 0.5) is 0 Å². The van der Waals surface area contributed by atoms with E-state index < -0.39 is 0 Å². The second-order valence-electron chi connectivity index (χ2n) is 6.05. The number of hydrogen-bond acceptors (Lipinski definition) is 4.